The first-order chi connectivity index (χ1) is 7.90. The fraction of sp³-hybridized carbons (Fsp3) is 0.615. The Labute approximate surface area is 107 Å². The number of pyridine rings is 1. The molecular weight excluding hydrogens is 266 g/mol. The van der Waals surface area contributed by atoms with Gasteiger partial charge in [0.05, 0.1) is 0 Å². The molecule has 0 radical (unpaired) electrons. The van der Waals surface area contributed by atoms with Gasteiger partial charge < -0.3 is 4.74 Å². The summed E-state index contributed by atoms with van der Waals surface area (Å²) in [6, 6.07) is 4.25. The van der Waals surface area contributed by atoms with E-state index in [1.54, 1.807) is 0 Å². The summed E-state index contributed by atoms with van der Waals surface area (Å²) in [5, 5.41) is 0.908. The zero-order valence-corrected chi connectivity index (χ0v) is 11.7. The van der Waals surface area contributed by atoms with Crippen molar-refractivity contribution < 1.29 is 4.74 Å². The first-order valence-corrected chi connectivity index (χ1v) is 7.11. The average Bonchev–Trinajstić information content (AvgIpc) is 2.42. The van der Waals surface area contributed by atoms with Crippen LogP contribution in [0.15, 0.2) is 18.3 Å². The van der Waals surface area contributed by atoms with Gasteiger partial charge in [0.1, 0.15) is 0 Å². The van der Waals surface area contributed by atoms with E-state index in [9.17, 15) is 0 Å². The second-order valence-corrected chi connectivity index (χ2v) is 4.17. The monoisotopic (exact) mass is 285 g/mol. The maximum Gasteiger partial charge on any atom is 0.0472 e. The molecule has 1 aromatic rings. The van der Waals surface area contributed by atoms with Gasteiger partial charge in [0.25, 0.3) is 0 Å². The molecule has 0 saturated carbocycles. The van der Waals surface area contributed by atoms with Crippen LogP contribution in [0.5, 0.6) is 0 Å². The van der Waals surface area contributed by atoms with Crippen LogP contribution < -0.4 is 0 Å². The number of hydrogen-bond donors (Lipinski definition) is 0. The number of halogens is 1. The fourth-order valence-corrected chi connectivity index (χ4v) is 2.14. The number of rotatable bonds is 2. The first kappa shape index (κ1) is 13.7. The van der Waals surface area contributed by atoms with Crippen molar-refractivity contribution in [1.29, 1.82) is 0 Å². The minimum atomic E-state index is 0.600. The molecule has 90 valence electrons. The number of aromatic nitrogens is 1. The summed E-state index contributed by atoms with van der Waals surface area (Å²) < 4.78 is 5.34. The van der Waals surface area contributed by atoms with Gasteiger partial charge in [0.2, 0.25) is 0 Å². The van der Waals surface area contributed by atoms with Crippen LogP contribution in [0, 0.1) is 0 Å². The van der Waals surface area contributed by atoms with E-state index in [1.807, 2.05) is 20.0 Å². The van der Waals surface area contributed by atoms with Crippen LogP contribution in [0.1, 0.15) is 43.9 Å². The topological polar surface area (TPSA) is 22.1 Å². The van der Waals surface area contributed by atoms with E-state index in [2.05, 4.69) is 33.0 Å². The van der Waals surface area contributed by atoms with E-state index in [0.29, 0.717) is 5.92 Å². The summed E-state index contributed by atoms with van der Waals surface area (Å²) in [4.78, 5) is 4.43. The molecule has 0 aromatic carbocycles. The Kier molecular flexibility index (Phi) is 6.65. The van der Waals surface area contributed by atoms with Crippen LogP contribution >= 0.6 is 15.9 Å². The van der Waals surface area contributed by atoms with Crippen LogP contribution in [0.2, 0.25) is 0 Å². The Morgan fingerprint density at radius 3 is 2.69 bits per heavy atom. The summed E-state index contributed by atoms with van der Waals surface area (Å²) in [5.74, 6) is 0.600. The smallest absolute Gasteiger partial charge is 0.0472 e. The molecule has 3 heteroatoms. The lowest BCUT2D eigenvalue weighted by Crippen LogP contribution is -2.15. The highest BCUT2D eigenvalue weighted by Crippen LogP contribution is 2.25. The SMILES string of the molecule is BrCc1ccnc(C2CCOCC2)c1.CC. The molecule has 0 aliphatic carbocycles. The highest BCUT2D eigenvalue weighted by molar-refractivity contribution is 9.08. The minimum absolute atomic E-state index is 0.600. The van der Waals surface area contributed by atoms with Gasteiger partial charge in [0.15, 0.2) is 0 Å². The Bertz CT molecular complexity index is 298. The third kappa shape index (κ3) is 3.87. The third-order valence-corrected chi connectivity index (χ3v) is 3.29. The van der Waals surface area contributed by atoms with E-state index in [-0.39, 0.29) is 0 Å². The molecule has 0 bridgehead atoms. The molecule has 16 heavy (non-hydrogen) atoms. The molecule has 1 aromatic heterocycles. The number of hydrogen-bond acceptors (Lipinski definition) is 2. The van der Waals surface area contributed by atoms with Gasteiger partial charge in [-0.1, -0.05) is 29.8 Å². The molecule has 2 rings (SSSR count). The maximum absolute atomic E-state index is 5.34. The van der Waals surface area contributed by atoms with Crippen molar-refractivity contribution in [2.24, 2.45) is 0 Å². The number of alkyl halides is 1. The van der Waals surface area contributed by atoms with Crippen LogP contribution in [-0.2, 0) is 10.1 Å². The highest BCUT2D eigenvalue weighted by Gasteiger charge is 2.16. The standard InChI is InChI=1S/C11H14BrNO.C2H6/c12-8-9-1-4-13-11(7-9)10-2-5-14-6-3-10;1-2/h1,4,7,10H,2-3,5-6,8H2;1-2H3. The van der Waals surface area contributed by atoms with Crippen molar-refractivity contribution in [3.8, 4) is 0 Å². The van der Waals surface area contributed by atoms with Crippen LogP contribution in [0.25, 0.3) is 0 Å². The summed E-state index contributed by atoms with van der Waals surface area (Å²) >= 11 is 3.46. The van der Waals surface area contributed by atoms with Crippen molar-refractivity contribution in [2.75, 3.05) is 13.2 Å². The molecule has 1 fully saturated rings. The summed E-state index contributed by atoms with van der Waals surface area (Å²) in [6.07, 6.45) is 4.12. The van der Waals surface area contributed by atoms with E-state index in [0.717, 1.165) is 31.4 Å². The molecule has 0 atom stereocenters. The van der Waals surface area contributed by atoms with Crippen LogP contribution in [0.4, 0.5) is 0 Å². The zero-order chi connectivity index (χ0) is 11.8. The number of nitrogens with zero attached hydrogens (tertiary/aromatic N) is 1. The lowest BCUT2D eigenvalue weighted by molar-refractivity contribution is 0.0845. The largest absolute Gasteiger partial charge is 0.381 e. The minimum Gasteiger partial charge on any atom is -0.381 e. The second-order valence-electron chi connectivity index (χ2n) is 3.61. The van der Waals surface area contributed by atoms with Crippen molar-refractivity contribution in [2.45, 2.75) is 37.9 Å². The van der Waals surface area contributed by atoms with Crippen molar-refractivity contribution in [3.63, 3.8) is 0 Å². The normalized spacial score (nSPS) is 16.4. The predicted octanol–water partition coefficient (Wildman–Crippen LogP) is 3.90. The quantitative estimate of drug-likeness (QED) is 0.769. The first-order valence-electron chi connectivity index (χ1n) is 5.98. The van der Waals surface area contributed by atoms with Gasteiger partial charge in [0, 0.05) is 36.4 Å². The Morgan fingerprint density at radius 2 is 2.06 bits per heavy atom. The van der Waals surface area contributed by atoms with Gasteiger partial charge >= 0.3 is 0 Å². The fourth-order valence-electron chi connectivity index (χ4n) is 1.79. The summed E-state index contributed by atoms with van der Waals surface area (Å²) in [5.41, 5.74) is 2.53. The zero-order valence-electron chi connectivity index (χ0n) is 10.1. The Hall–Kier alpha value is -0.410. The Morgan fingerprint density at radius 1 is 1.38 bits per heavy atom. The predicted molar refractivity (Wildman–Crippen MR) is 71.0 cm³/mol. The van der Waals surface area contributed by atoms with Gasteiger partial charge in [-0.3, -0.25) is 4.98 Å². The van der Waals surface area contributed by atoms with E-state index < -0.39 is 0 Å². The highest BCUT2D eigenvalue weighted by atomic mass is 79.9. The van der Waals surface area contributed by atoms with E-state index in [4.69, 9.17) is 4.74 Å². The lowest BCUT2D eigenvalue weighted by atomic mass is 9.95. The molecular formula is C13H20BrNO. The summed E-state index contributed by atoms with van der Waals surface area (Å²) in [7, 11) is 0. The maximum atomic E-state index is 5.34. The third-order valence-electron chi connectivity index (χ3n) is 2.64. The van der Waals surface area contributed by atoms with Crippen LogP contribution in [-0.4, -0.2) is 18.2 Å². The molecule has 0 amide bonds. The molecule has 2 nitrogen and oxygen atoms in total. The van der Waals surface area contributed by atoms with Gasteiger partial charge in [-0.25, -0.2) is 0 Å². The summed E-state index contributed by atoms with van der Waals surface area (Å²) in [6.45, 7) is 5.76. The van der Waals surface area contributed by atoms with Crippen molar-refractivity contribution in [3.05, 3.63) is 29.6 Å². The van der Waals surface area contributed by atoms with Gasteiger partial charge in [-0.15, -0.1) is 0 Å². The van der Waals surface area contributed by atoms with Gasteiger partial charge in [-0.2, -0.15) is 0 Å². The Balaban J connectivity index is 0.000000606. The lowest BCUT2D eigenvalue weighted by Gasteiger charge is -2.21. The molecule has 1 aliphatic rings. The molecule has 0 unspecified atom stereocenters. The van der Waals surface area contributed by atoms with Crippen molar-refractivity contribution in [1.82, 2.24) is 4.98 Å². The van der Waals surface area contributed by atoms with E-state index in [1.165, 1.54) is 11.3 Å². The average molecular weight is 286 g/mol. The molecule has 0 N–H and O–H groups in total. The number of ether oxygens (including phenoxy) is 1. The van der Waals surface area contributed by atoms with Crippen LogP contribution in [0.3, 0.4) is 0 Å². The second kappa shape index (κ2) is 7.80. The van der Waals surface area contributed by atoms with Gasteiger partial charge in [-0.05, 0) is 30.5 Å². The molecule has 1 saturated heterocycles. The van der Waals surface area contributed by atoms with E-state index >= 15 is 0 Å². The molecule has 0 spiro atoms. The molecule has 2 heterocycles. The van der Waals surface area contributed by atoms with Crippen molar-refractivity contribution >= 4 is 15.9 Å². The molecule has 1 aliphatic heterocycles.